The Labute approximate surface area is 110 Å². The summed E-state index contributed by atoms with van der Waals surface area (Å²) in [4.78, 5) is 0. The monoisotopic (exact) mass is 254 g/mol. The van der Waals surface area contributed by atoms with Crippen LogP contribution in [0.2, 0.25) is 0 Å². The van der Waals surface area contributed by atoms with Crippen molar-refractivity contribution in [3.63, 3.8) is 0 Å². The van der Waals surface area contributed by atoms with Gasteiger partial charge in [-0.15, -0.1) is 8.58 Å². The molecule has 17 heavy (non-hydrogen) atoms. The summed E-state index contributed by atoms with van der Waals surface area (Å²) in [6, 6.07) is 0. The van der Waals surface area contributed by atoms with Gasteiger partial charge in [0.05, 0.1) is 0 Å². The van der Waals surface area contributed by atoms with E-state index in [-0.39, 0.29) is 0 Å². The predicted molar refractivity (Wildman–Crippen MR) is 80.5 cm³/mol. The molecule has 0 N–H and O–H groups in total. The zero-order chi connectivity index (χ0) is 11.8. The van der Waals surface area contributed by atoms with E-state index in [0.29, 0.717) is 0 Å². The molecular weight excluding hydrogens is 223 g/mol. The molecule has 0 heterocycles. The van der Waals surface area contributed by atoms with Gasteiger partial charge < -0.3 is 0 Å². The summed E-state index contributed by atoms with van der Waals surface area (Å²) in [5.41, 5.74) is 2.27. The van der Waals surface area contributed by atoms with Gasteiger partial charge in [0.25, 0.3) is 0 Å². The van der Waals surface area contributed by atoms with Crippen molar-refractivity contribution in [1.29, 1.82) is 0 Å². The molecule has 0 aliphatic heterocycles. The normalized spacial score (nSPS) is 27.5. The minimum absolute atomic E-state index is 1.12. The molecule has 0 radical (unpaired) electrons. The molecule has 2 aliphatic carbocycles. The van der Waals surface area contributed by atoms with Crippen LogP contribution in [-0.2, 0) is 0 Å². The second-order valence-corrected chi connectivity index (χ2v) is 8.22. The second-order valence-electron chi connectivity index (χ2n) is 6.25. The molecule has 1 atom stereocenters. The van der Waals surface area contributed by atoms with Gasteiger partial charge in [0, 0.05) is 0 Å². The van der Waals surface area contributed by atoms with Crippen molar-refractivity contribution in [2.45, 2.75) is 101 Å². The van der Waals surface area contributed by atoms with Gasteiger partial charge in [-0.05, 0) is 37.0 Å². The van der Waals surface area contributed by atoms with Crippen LogP contribution in [0.1, 0.15) is 89.9 Å². The molecule has 0 bridgehead atoms. The van der Waals surface area contributed by atoms with Crippen molar-refractivity contribution >= 4 is 8.58 Å². The maximum atomic E-state index is 1.56. The summed E-state index contributed by atoms with van der Waals surface area (Å²) >= 11 is 0. The van der Waals surface area contributed by atoms with Crippen molar-refractivity contribution in [3.8, 4) is 0 Å². The maximum Gasteiger partial charge on any atom is -0.0234 e. The third kappa shape index (κ3) is 5.73. The van der Waals surface area contributed by atoms with Crippen LogP contribution in [0.15, 0.2) is 0 Å². The molecule has 1 unspecified atom stereocenters. The molecule has 2 fully saturated rings. The van der Waals surface area contributed by atoms with E-state index in [1.165, 1.54) is 72.8 Å². The highest BCUT2D eigenvalue weighted by Crippen LogP contribution is 2.41. The first-order valence-corrected chi connectivity index (χ1v) is 9.37. The van der Waals surface area contributed by atoms with Gasteiger partial charge >= 0.3 is 0 Å². The van der Waals surface area contributed by atoms with Gasteiger partial charge in [0.15, 0.2) is 0 Å². The topological polar surface area (TPSA) is 0 Å². The van der Waals surface area contributed by atoms with E-state index in [9.17, 15) is 0 Å². The summed E-state index contributed by atoms with van der Waals surface area (Å²) in [5, 5.41) is 0. The summed E-state index contributed by atoms with van der Waals surface area (Å²) in [5.74, 6) is 0. The molecule has 0 spiro atoms. The Morgan fingerprint density at radius 2 is 0.706 bits per heavy atom. The van der Waals surface area contributed by atoms with E-state index < -0.39 is 0 Å². The summed E-state index contributed by atoms with van der Waals surface area (Å²) in [6.07, 6.45) is 21.5. The molecule has 100 valence electrons. The van der Waals surface area contributed by atoms with Crippen molar-refractivity contribution in [2.24, 2.45) is 0 Å². The Bertz CT molecular complexity index is 172. The summed E-state index contributed by atoms with van der Waals surface area (Å²) < 4.78 is 0. The second kappa shape index (κ2) is 8.52. The van der Waals surface area contributed by atoms with Gasteiger partial charge in [-0.3, -0.25) is 0 Å². The molecule has 1 heteroatoms. The highest BCUT2D eigenvalue weighted by atomic mass is 31.1. The molecule has 2 rings (SSSR count). The van der Waals surface area contributed by atoms with E-state index in [1.54, 1.807) is 25.7 Å². The van der Waals surface area contributed by atoms with E-state index in [2.05, 4.69) is 0 Å². The maximum absolute atomic E-state index is 1.56. The standard InChI is InChI=1S/C16H31P/c1-2-4-6-8-12-15(11-7-5-3-1)17-16-13-9-10-14-16/h15-17H,1-14H2. The highest BCUT2D eigenvalue weighted by Gasteiger charge is 2.19. The highest BCUT2D eigenvalue weighted by molar-refractivity contribution is 7.39. The summed E-state index contributed by atoms with van der Waals surface area (Å²) in [7, 11) is 1.32. The third-order valence-electron chi connectivity index (χ3n) is 4.68. The molecule has 0 saturated heterocycles. The lowest BCUT2D eigenvalue weighted by Crippen LogP contribution is -2.06. The van der Waals surface area contributed by atoms with E-state index in [1.807, 2.05) is 0 Å². The molecule has 2 aliphatic rings. The van der Waals surface area contributed by atoms with Crippen LogP contribution in [0, 0.1) is 0 Å². The molecule has 2 saturated carbocycles. The molecule has 0 amide bonds. The number of hydrogen-bond acceptors (Lipinski definition) is 0. The summed E-state index contributed by atoms with van der Waals surface area (Å²) in [6.45, 7) is 0. The Hall–Kier alpha value is 0.430. The first kappa shape index (κ1) is 13.9. The number of hydrogen-bond donors (Lipinski definition) is 0. The Balaban J connectivity index is 1.71. The van der Waals surface area contributed by atoms with Crippen LogP contribution in [0.3, 0.4) is 0 Å². The lowest BCUT2D eigenvalue weighted by molar-refractivity contribution is 0.585. The van der Waals surface area contributed by atoms with Gasteiger partial charge in [-0.25, -0.2) is 0 Å². The van der Waals surface area contributed by atoms with Crippen LogP contribution in [0.4, 0.5) is 0 Å². The SMILES string of the molecule is C1CCCCCC(PC2CCCC2)CCCC1. The van der Waals surface area contributed by atoms with E-state index in [0.717, 1.165) is 11.3 Å². The first-order valence-electron chi connectivity index (χ1n) is 8.21. The Kier molecular flexibility index (Phi) is 6.94. The van der Waals surface area contributed by atoms with E-state index >= 15 is 0 Å². The first-order chi connectivity index (χ1) is 8.45. The lowest BCUT2D eigenvalue weighted by Gasteiger charge is -2.20. The van der Waals surface area contributed by atoms with Gasteiger partial charge in [-0.1, -0.05) is 64.2 Å². The molecular formula is C16H31P. The third-order valence-corrected chi connectivity index (χ3v) is 6.78. The van der Waals surface area contributed by atoms with Crippen molar-refractivity contribution in [2.75, 3.05) is 0 Å². The predicted octanol–water partition coefficient (Wildman–Crippen LogP) is 5.89. The molecule has 0 aromatic rings. The zero-order valence-corrected chi connectivity index (χ0v) is 12.6. The van der Waals surface area contributed by atoms with Crippen LogP contribution < -0.4 is 0 Å². The van der Waals surface area contributed by atoms with Gasteiger partial charge in [0.2, 0.25) is 0 Å². The average Bonchev–Trinajstić information content (AvgIpc) is 2.80. The molecule has 0 nitrogen and oxygen atoms in total. The zero-order valence-electron chi connectivity index (χ0n) is 11.6. The van der Waals surface area contributed by atoms with Crippen molar-refractivity contribution in [3.05, 3.63) is 0 Å². The fraction of sp³-hybridized carbons (Fsp3) is 1.00. The largest absolute Gasteiger partial charge is 0.116 e. The lowest BCUT2D eigenvalue weighted by atomic mass is 10.1. The minimum atomic E-state index is 1.12. The smallest absolute Gasteiger partial charge is 0.0234 e. The fourth-order valence-electron chi connectivity index (χ4n) is 3.58. The Morgan fingerprint density at radius 1 is 0.412 bits per heavy atom. The molecule has 0 aromatic heterocycles. The van der Waals surface area contributed by atoms with Gasteiger partial charge in [0.1, 0.15) is 0 Å². The molecule has 0 aromatic carbocycles. The van der Waals surface area contributed by atoms with E-state index in [4.69, 9.17) is 0 Å². The van der Waals surface area contributed by atoms with Crippen molar-refractivity contribution in [1.82, 2.24) is 0 Å². The van der Waals surface area contributed by atoms with Crippen molar-refractivity contribution < 1.29 is 0 Å². The average molecular weight is 254 g/mol. The van der Waals surface area contributed by atoms with Crippen LogP contribution in [0.5, 0.6) is 0 Å². The van der Waals surface area contributed by atoms with Gasteiger partial charge in [-0.2, -0.15) is 0 Å². The number of rotatable bonds is 2. The van der Waals surface area contributed by atoms with Crippen LogP contribution in [0.25, 0.3) is 0 Å². The Morgan fingerprint density at radius 3 is 1.12 bits per heavy atom. The van der Waals surface area contributed by atoms with Crippen LogP contribution in [-0.4, -0.2) is 11.3 Å². The van der Waals surface area contributed by atoms with Crippen LogP contribution >= 0.6 is 8.58 Å². The quantitative estimate of drug-likeness (QED) is 0.539. The minimum Gasteiger partial charge on any atom is -0.116 e. The fourth-order valence-corrected chi connectivity index (χ4v) is 5.73.